The molecule has 2 heterocycles. The number of rotatable bonds is 5. The van der Waals surface area contributed by atoms with Crippen molar-refractivity contribution in [1.82, 2.24) is 15.0 Å². The number of amides is 1. The smallest absolute Gasteiger partial charge is 0.275 e. The Labute approximate surface area is 136 Å². The third-order valence-corrected chi connectivity index (χ3v) is 3.63. The quantitative estimate of drug-likeness (QED) is 0.749. The average Bonchev–Trinajstić information content (AvgIpc) is 3.05. The van der Waals surface area contributed by atoms with Crippen molar-refractivity contribution in [2.24, 2.45) is 0 Å². The lowest BCUT2D eigenvalue weighted by molar-refractivity contribution is 0.102. The number of carbonyl (C=O) groups is 1. The monoisotopic (exact) mass is 327 g/mol. The maximum atomic E-state index is 12.3. The molecule has 0 unspecified atom stereocenters. The van der Waals surface area contributed by atoms with Crippen molar-refractivity contribution in [3.05, 3.63) is 53.8 Å². The molecule has 0 saturated heterocycles. The lowest BCUT2D eigenvalue weighted by atomic mass is 10.3. The summed E-state index contributed by atoms with van der Waals surface area (Å²) in [5.41, 5.74) is 0.897. The molecule has 23 heavy (non-hydrogen) atoms. The third-order valence-electron chi connectivity index (χ3n) is 2.88. The Morgan fingerprint density at radius 1 is 1.17 bits per heavy atom. The van der Waals surface area contributed by atoms with Crippen LogP contribution in [0.15, 0.2) is 48.1 Å². The number of nitrogens with zero attached hydrogens (tertiary/aromatic N) is 3. The largest absolute Gasteiger partial charge is 0.495 e. The summed E-state index contributed by atoms with van der Waals surface area (Å²) in [6.45, 7) is 0. The highest BCUT2D eigenvalue weighted by atomic mass is 32.1. The number of hydrogen-bond donors (Lipinski definition) is 2. The molecule has 0 atom stereocenters. The summed E-state index contributed by atoms with van der Waals surface area (Å²) in [5, 5.41) is 7.93. The summed E-state index contributed by atoms with van der Waals surface area (Å²) < 4.78 is 5.20. The van der Waals surface area contributed by atoms with E-state index in [0.29, 0.717) is 28.2 Å². The summed E-state index contributed by atoms with van der Waals surface area (Å²) in [6, 6.07) is 8.91. The first-order valence-corrected chi connectivity index (χ1v) is 7.58. The van der Waals surface area contributed by atoms with E-state index in [-0.39, 0.29) is 5.91 Å². The molecule has 116 valence electrons. The van der Waals surface area contributed by atoms with E-state index in [0.717, 1.165) is 0 Å². The van der Waals surface area contributed by atoms with Crippen molar-refractivity contribution < 1.29 is 9.53 Å². The fraction of sp³-hybridized carbons (Fsp3) is 0.0667. The predicted octanol–water partition coefficient (Wildman–Crippen LogP) is 2.94. The number of methoxy groups -OCH3 is 1. The zero-order valence-corrected chi connectivity index (χ0v) is 13.0. The zero-order chi connectivity index (χ0) is 16.1. The molecule has 0 spiro atoms. The van der Waals surface area contributed by atoms with Crippen LogP contribution >= 0.6 is 11.3 Å². The van der Waals surface area contributed by atoms with Crippen LogP contribution in [0.5, 0.6) is 5.75 Å². The van der Waals surface area contributed by atoms with Crippen molar-refractivity contribution in [2.45, 2.75) is 0 Å². The minimum Gasteiger partial charge on any atom is -0.495 e. The zero-order valence-electron chi connectivity index (χ0n) is 12.2. The summed E-state index contributed by atoms with van der Waals surface area (Å²) in [6.07, 6.45) is 3.25. The molecule has 0 fully saturated rings. The van der Waals surface area contributed by atoms with Gasteiger partial charge in [-0.1, -0.05) is 12.1 Å². The van der Waals surface area contributed by atoms with Gasteiger partial charge in [0.1, 0.15) is 11.4 Å². The topological polar surface area (TPSA) is 89.0 Å². The SMILES string of the molecule is COc1ccccc1NC(=O)c1csc(Nc2ncccn2)n1. The minimum absolute atomic E-state index is 0.305. The highest BCUT2D eigenvalue weighted by Crippen LogP contribution is 2.24. The van der Waals surface area contributed by atoms with Crippen molar-refractivity contribution in [3.63, 3.8) is 0 Å². The molecule has 0 aliphatic heterocycles. The predicted molar refractivity (Wildman–Crippen MR) is 88.4 cm³/mol. The highest BCUT2D eigenvalue weighted by molar-refractivity contribution is 7.14. The lowest BCUT2D eigenvalue weighted by Crippen LogP contribution is -2.13. The first-order valence-electron chi connectivity index (χ1n) is 6.70. The van der Waals surface area contributed by atoms with Crippen LogP contribution in [-0.4, -0.2) is 28.0 Å². The summed E-state index contributed by atoms with van der Waals surface area (Å²) in [7, 11) is 1.55. The molecule has 1 amide bonds. The molecule has 2 aromatic heterocycles. The molecule has 1 aromatic carbocycles. The standard InChI is InChI=1S/C15H13N5O2S/c1-22-12-6-3-2-5-10(12)18-13(21)11-9-23-15(19-11)20-14-16-7-4-8-17-14/h2-9H,1H3,(H,18,21)(H,16,17,19,20). The van der Waals surface area contributed by atoms with E-state index in [2.05, 4.69) is 25.6 Å². The second-order valence-electron chi connectivity index (χ2n) is 4.39. The van der Waals surface area contributed by atoms with Gasteiger partial charge in [0.25, 0.3) is 5.91 Å². The lowest BCUT2D eigenvalue weighted by Gasteiger charge is -2.08. The van der Waals surface area contributed by atoms with Crippen LogP contribution < -0.4 is 15.4 Å². The van der Waals surface area contributed by atoms with E-state index < -0.39 is 0 Å². The molecule has 7 nitrogen and oxygen atoms in total. The normalized spacial score (nSPS) is 10.1. The molecule has 2 N–H and O–H groups in total. The number of anilines is 3. The van der Waals surface area contributed by atoms with Gasteiger partial charge in [0, 0.05) is 17.8 Å². The van der Waals surface area contributed by atoms with Crippen molar-refractivity contribution in [3.8, 4) is 5.75 Å². The first kappa shape index (κ1) is 14.9. The van der Waals surface area contributed by atoms with Crippen molar-refractivity contribution >= 4 is 34.0 Å². The van der Waals surface area contributed by atoms with Gasteiger partial charge < -0.3 is 15.4 Å². The number of carbonyl (C=O) groups excluding carboxylic acids is 1. The molecular weight excluding hydrogens is 314 g/mol. The van der Waals surface area contributed by atoms with Crippen molar-refractivity contribution in [1.29, 1.82) is 0 Å². The number of thiazole rings is 1. The fourth-order valence-electron chi connectivity index (χ4n) is 1.83. The van der Waals surface area contributed by atoms with Gasteiger partial charge in [-0.05, 0) is 18.2 Å². The first-order chi connectivity index (χ1) is 11.3. The Hall–Kier alpha value is -3.00. The van der Waals surface area contributed by atoms with Crippen LogP contribution in [0, 0.1) is 0 Å². The Balaban J connectivity index is 1.71. The maximum absolute atomic E-state index is 12.3. The van der Waals surface area contributed by atoms with Gasteiger partial charge in [-0.15, -0.1) is 11.3 Å². The van der Waals surface area contributed by atoms with E-state index in [4.69, 9.17) is 4.74 Å². The molecule has 0 saturated carbocycles. The number of aromatic nitrogens is 3. The van der Waals surface area contributed by atoms with Crippen LogP contribution in [0.3, 0.4) is 0 Å². The molecule has 0 aliphatic rings. The minimum atomic E-state index is -0.312. The maximum Gasteiger partial charge on any atom is 0.275 e. The van der Waals surface area contributed by atoms with Crippen LogP contribution in [0.1, 0.15) is 10.5 Å². The Bertz CT molecular complexity index is 806. The molecule has 3 aromatic rings. The number of hydrogen-bond acceptors (Lipinski definition) is 7. The number of nitrogens with one attached hydrogen (secondary N) is 2. The van der Waals surface area contributed by atoms with Gasteiger partial charge in [0.2, 0.25) is 5.95 Å². The second kappa shape index (κ2) is 6.84. The van der Waals surface area contributed by atoms with Gasteiger partial charge >= 0.3 is 0 Å². The molecule has 3 rings (SSSR count). The van der Waals surface area contributed by atoms with Gasteiger partial charge in [0.05, 0.1) is 12.8 Å². The van der Waals surface area contributed by atoms with Crippen molar-refractivity contribution in [2.75, 3.05) is 17.7 Å². The van der Waals surface area contributed by atoms with Gasteiger partial charge in [0.15, 0.2) is 5.13 Å². The van der Waals surface area contributed by atoms with E-state index >= 15 is 0 Å². The summed E-state index contributed by atoms with van der Waals surface area (Å²) >= 11 is 1.30. The van der Waals surface area contributed by atoms with Crippen LogP contribution in [-0.2, 0) is 0 Å². The highest BCUT2D eigenvalue weighted by Gasteiger charge is 2.13. The van der Waals surface area contributed by atoms with Gasteiger partial charge in [-0.2, -0.15) is 0 Å². The van der Waals surface area contributed by atoms with E-state index in [9.17, 15) is 4.79 Å². The number of benzene rings is 1. The van der Waals surface area contributed by atoms with E-state index in [1.807, 2.05) is 12.1 Å². The summed E-state index contributed by atoms with van der Waals surface area (Å²) in [5.74, 6) is 0.707. The fourth-order valence-corrected chi connectivity index (χ4v) is 2.51. The Morgan fingerprint density at radius 2 is 1.96 bits per heavy atom. The second-order valence-corrected chi connectivity index (χ2v) is 5.25. The average molecular weight is 327 g/mol. The Kier molecular flexibility index (Phi) is 4.44. The molecule has 0 aliphatic carbocycles. The molecule has 0 bridgehead atoms. The number of ether oxygens (including phenoxy) is 1. The summed E-state index contributed by atoms with van der Waals surface area (Å²) in [4.78, 5) is 24.6. The number of para-hydroxylation sites is 2. The van der Waals surface area contributed by atoms with E-state index in [1.54, 1.807) is 43.1 Å². The molecule has 0 radical (unpaired) electrons. The molecule has 8 heteroatoms. The van der Waals surface area contributed by atoms with Crippen LogP contribution in [0.2, 0.25) is 0 Å². The van der Waals surface area contributed by atoms with Crippen LogP contribution in [0.25, 0.3) is 0 Å². The molecular formula is C15H13N5O2S. The van der Waals surface area contributed by atoms with E-state index in [1.165, 1.54) is 11.3 Å². The Morgan fingerprint density at radius 3 is 2.74 bits per heavy atom. The van der Waals surface area contributed by atoms with Gasteiger partial charge in [-0.25, -0.2) is 15.0 Å². The van der Waals surface area contributed by atoms with Gasteiger partial charge in [-0.3, -0.25) is 4.79 Å². The third kappa shape index (κ3) is 3.61. The van der Waals surface area contributed by atoms with Crippen LogP contribution in [0.4, 0.5) is 16.8 Å².